The van der Waals surface area contributed by atoms with Crippen LogP contribution in [0.5, 0.6) is 0 Å². The largest absolute Gasteiger partial charge is 0.374 e. The Bertz CT molecular complexity index is 450. The summed E-state index contributed by atoms with van der Waals surface area (Å²) in [6.07, 6.45) is 5.02. The normalized spacial score (nSPS) is 27.2. The van der Waals surface area contributed by atoms with E-state index in [9.17, 15) is 4.39 Å². The van der Waals surface area contributed by atoms with Crippen LogP contribution in [-0.2, 0) is 11.3 Å². The van der Waals surface area contributed by atoms with E-state index in [2.05, 4.69) is 4.90 Å². The van der Waals surface area contributed by atoms with Crippen LogP contribution in [0, 0.1) is 5.82 Å². The predicted octanol–water partition coefficient (Wildman–Crippen LogP) is 2.43. The minimum atomic E-state index is -0.196. The molecule has 1 aliphatic heterocycles. The minimum Gasteiger partial charge on any atom is -0.374 e. The molecule has 0 bridgehead atoms. The van der Waals surface area contributed by atoms with Crippen molar-refractivity contribution in [2.24, 2.45) is 5.73 Å². The van der Waals surface area contributed by atoms with Crippen molar-refractivity contribution in [1.29, 1.82) is 0 Å². The fraction of sp³-hybridized carbons (Fsp3) is 0.600. The number of nitrogens with zero attached hydrogens (tertiary/aromatic N) is 1. The van der Waals surface area contributed by atoms with Crippen LogP contribution >= 0.6 is 0 Å². The van der Waals surface area contributed by atoms with E-state index in [0.717, 1.165) is 31.7 Å². The molecule has 2 N–H and O–H groups in total. The summed E-state index contributed by atoms with van der Waals surface area (Å²) in [6, 6.07) is 5.64. The molecule has 1 aromatic rings. The maximum absolute atomic E-state index is 13.9. The van der Waals surface area contributed by atoms with Crippen LogP contribution < -0.4 is 10.6 Å². The number of ether oxygens (including phenoxy) is 1. The van der Waals surface area contributed by atoms with Gasteiger partial charge in [-0.05, 0) is 25.0 Å². The number of benzene rings is 1. The van der Waals surface area contributed by atoms with Crippen molar-refractivity contribution in [1.82, 2.24) is 0 Å². The lowest BCUT2D eigenvalue weighted by Crippen LogP contribution is -2.53. The van der Waals surface area contributed by atoms with Gasteiger partial charge in [-0.3, -0.25) is 0 Å². The smallest absolute Gasteiger partial charge is 0.129 e. The van der Waals surface area contributed by atoms with Crippen LogP contribution in [0.15, 0.2) is 18.2 Å². The van der Waals surface area contributed by atoms with Gasteiger partial charge in [0.1, 0.15) is 5.82 Å². The number of morpholine rings is 1. The summed E-state index contributed by atoms with van der Waals surface area (Å²) < 4.78 is 19.8. The van der Waals surface area contributed by atoms with Gasteiger partial charge in [0, 0.05) is 24.3 Å². The van der Waals surface area contributed by atoms with Crippen molar-refractivity contribution < 1.29 is 9.13 Å². The molecule has 4 heteroatoms. The van der Waals surface area contributed by atoms with E-state index in [-0.39, 0.29) is 12.4 Å². The van der Waals surface area contributed by atoms with Crippen molar-refractivity contribution in [2.45, 2.75) is 44.4 Å². The molecule has 1 aromatic carbocycles. The molecule has 0 aromatic heterocycles. The summed E-state index contributed by atoms with van der Waals surface area (Å²) in [4.78, 5) is 2.32. The van der Waals surface area contributed by atoms with Gasteiger partial charge in [-0.1, -0.05) is 18.9 Å². The first-order chi connectivity index (χ1) is 9.31. The Labute approximate surface area is 113 Å². The molecule has 1 heterocycles. The quantitative estimate of drug-likeness (QED) is 0.891. The fourth-order valence-electron chi connectivity index (χ4n) is 3.41. The third-order valence-corrected chi connectivity index (χ3v) is 4.34. The van der Waals surface area contributed by atoms with E-state index in [1.807, 2.05) is 6.07 Å². The number of nitrogens with two attached hydrogens (primary N) is 1. The molecular weight excluding hydrogens is 243 g/mol. The Morgan fingerprint density at radius 1 is 1.32 bits per heavy atom. The number of halogens is 1. The second-order valence-corrected chi connectivity index (χ2v) is 5.40. The van der Waals surface area contributed by atoms with Crippen LogP contribution in [0.4, 0.5) is 10.1 Å². The molecule has 0 spiro atoms. The number of rotatable bonds is 2. The van der Waals surface area contributed by atoms with Crippen molar-refractivity contribution in [3.8, 4) is 0 Å². The van der Waals surface area contributed by atoms with Crippen molar-refractivity contribution in [3.63, 3.8) is 0 Å². The Kier molecular flexibility index (Phi) is 3.71. The summed E-state index contributed by atoms with van der Waals surface area (Å²) in [5.74, 6) is -0.196. The van der Waals surface area contributed by atoms with E-state index < -0.39 is 0 Å². The van der Waals surface area contributed by atoms with E-state index in [4.69, 9.17) is 10.5 Å². The van der Waals surface area contributed by atoms with E-state index in [0.29, 0.717) is 17.7 Å². The molecule has 1 aliphatic carbocycles. The Morgan fingerprint density at radius 2 is 2.16 bits per heavy atom. The van der Waals surface area contributed by atoms with Gasteiger partial charge >= 0.3 is 0 Å². The number of fused-ring (bicyclic) bond motifs is 1. The van der Waals surface area contributed by atoms with Crippen LogP contribution in [0.2, 0.25) is 0 Å². The van der Waals surface area contributed by atoms with E-state index in [1.54, 1.807) is 6.07 Å². The molecule has 0 amide bonds. The summed E-state index contributed by atoms with van der Waals surface area (Å²) in [5.41, 5.74) is 7.32. The van der Waals surface area contributed by atoms with Gasteiger partial charge in [-0.2, -0.15) is 0 Å². The maximum atomic E-state index is 13.9. The third kappa shape index (κ3) is 2.35. The van der Waals surface area contributed by atoms with Crippen LogP contribution in [0.25, 0.3) is 0 Å². The first kappa shape index (κ1) is 12.9. The van der Waals surface area contributed by atoms with Gasteiger partial charge < -0.3 is 15.4 Å². The number of hydrogen-bond acceptors (Lipinski definition) is 3. The van der Waals surface area contributed by atoms with E-state index >= 15 is 0 Å². The Hall–Kier alpha value is -1.13. The Balaban J connectivity index is 1.94. The van der Waals surface area contributed by atoms with Crippen LogP contribution in [0.1, 0.15) is 31.2 Å². The highest BCUT2D eigenvalue weighted by molar-refractivity contribution is 5.55. The SMILES string of the molecule is NCc1c(F)cccc1N1CCOC2CCCCC21. The van der Waals surface area contributed by atoms with Crippen molar-refractivity contribution in [2.75, 3.05) is 18.1 Å². The van der Waals surface area contributed by atoms with Crippen LogP contribution in [-0.4, -0.2) is 25.3 Å². The van der Waals surface area contributed by atoms with Gasteiger partial charge in [0.15, 0.2) is 0 Å². The van der Waals surface area contributed by atoms with E-state index in [1.165, 1.54) is 18.9 Å². The molecule has 19 heavy (non-hydrogen) atoms. The van der Waals surface area contributed by atoms with Gasteiger partial charge in [0.2, 0.25) is 0 Å². The number of anilines is 1. The lowest BCUT2D eigenvalue weighted by molar-refractivity contribution is -0.00875. The molecule has 2 fully saturated rings. The zero-order valence-electron chi connectivity index (χ0n) is 11.1. The maximum Gasteiger partial charge on any atom is 0.129 e. The monoisotopic (exact) mass is 264 g/mol. The molecular formula is C15H21FN2O. The van der Waals surface area contributed by atoms with Gasteiger partial charge in [-0.15, -0.1) is 0 Å². The lowest BCUT2D eigenvalue weighted by Gasteiger charge is -2.45. The molecule has 104 valence electrons. The zero-order valence-corrected chi connectivity index (χ0v) is 11.1. The highest BCUT2D eigenvalue weighted by Crippen LogP contribution is 2.34. The topological polar surface area (TPSA) is 38.5 Å². The average molecular weight is 264 g/mol. The highest BCUT2D eigenvalue weighted by atomic mass is 19.1. The summed E-state index contributed by atoms with van der Waals surface area (Å²) in [6.45, 7) is 1.80. The molecule has 1 saturated heterocycles. The molecule has 1 saturated carbocycles. The van der Waals surface area contributed by atoms with Crippen LogP contribution in [0.3, 0.4) is 0 Å². The standard InChI is InChI=1S/C15H21FN2O/c16-12-4-3-6-13(11(12)10-17)18-8-9-19-15-7-2-1-5-14(15)18/h3-4,6,14-15H,1-2,5,7-10,17H2. The molecule has 2 atom stereocenters. The number of hydrogen-bond donors (Lipinski definition) is 1. The molecule has 3 nitrogen and oxygen atoms in total. The molecule has 0 radical (unpaired) electrons. The zero-order chi connectivity index (χ0) is 13.2. The summed E-state index contributed by atoms with van der Waals surface area (Å²) in [7, 11) is 0. The van der Waals surface area contributed by atoms with Crippen molar-refractivity contribution >= 4 is 5.69 Å². The summed E-state index contributed by atoms with van der Waals surface area (Å²) in [5, 5.41) is 0. The highest BCUT2D eigenvalue weighted by Gasteiger charge is 2.35. The minimum absolute atomic E-state index is 0.196. The molecule has 2 aliphatic rings. The third-order valence-electron chi connectivity index (χ3n) is 4.34. The van der Waals surface area contributed by atoms with Gasteiger partial charge in [-0.25, -0.2) is 4.39 Å². The first-order valence-electron chi connectivity index (χ1n) is 7.17. The lowest BCUT2D eigenvalue weighted by atomic mass is 9.89. The first-order valence-corrected chi connectivity index (χ1v) is 7.17. The predicted molar refractivity (Wildman–Crippen MR) is 73.6 cm³/mol. The molecule has 3 rings (SSSR count). The van der Waals surface area contributed by atoms with Gasteiger partial charge in [0.05, 0.1) is 18.8 Å². The second-order valence-electron chi connectivity index (χ2n) is 5.40. The second kappa shape index (κ2) is 5.47. The molecule has 2 unspecified atom stereocenters. The van der Waals surface area contributed by atoms with Crippen molar-refractivity contribution in [3.05, 3.63) is 29.6 Å². The van der Waals surface area contributed by atoms with Gasteiger partial charge in [0.25, 0.3) is 0 Å². The average Bonchev–Trinajstić information content (AvgIpc) is 2.46. The Morgan fingerprint density at radius 3 is 3.00 bits per heavy atom. The fourth-order valence-corrected chi connectivity index (χ4v) is 3.41. The summed E-state index contributed by atoms with van der Waals surface area (Å²) >= 11 is 0.